The SMILES string of the molecule is O=C(O)C1CCN(C(=O)CCc2ccccc2Br)CC1. The zero-order valence-corrected chi connectivity index (χ0v) is 12.8. The zero-order valence-electron chi connectivity index (χ0n) is 11.2. The number of amides is 1. The standard InChI is InChI=1S/C15H18BrNO3/c16-13-4-2-1-3-11(13)5-6-14(18)17-9-7-12(8-10-17)15(19)20/h1-4,12H,5-10H2,(H,19,20). The second-order valence-electron chi connectivity index (χ2n) is 5.08. The van der Waals surface area contributed by atoms with E-state index in [1.807, 2.05) is 24.3 Å². The number of hydrogen-bond acceptors (Lipinski definition) is 2. The number of aryl methyl sites for hydroxylation is 1. The van der Waals surface area contributed by atoms with Gasteiger partial charge in [-0.05, 0) is 30.9 Å². The van der Waals surface area contributed by atoms with Crippen molar-refractivity contribution in [2.75, 3.05) is 13.1 Å². The van der Waals surface area contributed by atoms with Crippen molar-refractivity contribution in [1.29, 1.82) is 0 Å². The lowest BCUT2D eigenvalue weighted by Gasteiger charge is -2.30. The quantitative estimate of drug-likeness (QED) is 0.917. The van der Waals surface area contributed by atoms with E-state index in [0.717, 1.165) is 10.0 Å². The van der Waals surface area contributed by atoms with E-state index in [1.165, 1.54) is 0 Å². The topological polar surface area (TPSA) is 57.6 Å². The van der Waals surface area contributed by atoms with Crippen LogP contribution in [0.5, 0.6) is 0 Å². The Morgan fingerprint density at radius 1 is 1.25 bits per heavy atom. The highest BCUT2D eigenvalue weighted by Crippen LogP contribution is 2.20. The summed E-state index contributed by atoms with van der Waals surface area (Å²) in [6, 6.07) is 7.89. The molecule has 0 radical (unpaired) electrons. The molecule has 1 saturated heterocycles. The third-order valence-electron chi connectivity index (χ3n) is 3.76. The molecule has 0 aliphatic carbocycles. The molecule has 5 heteroatoms. The Kier molecular flexibility index (Phi) is 5.17. The summed E-state index contributed by atoms with van der Waals surface area (Å²) in [4.78, 5) is 24.8. The van der Waals surface area contributed by atoms with E-state index in [4.69, 9.17) is 5.11 Å². The molecule has 1 fully saturated rings. The zero-order chi connectivity index (χ0) is 14.5. The summed E-state index contributed by atoms with van der Waals surface area (Å²) in [5.41, 5.74) is 1.13. The number of carboxylic acids is 1. The van der Waals surface area contributed by atoms with Crippen molar-refractivity contribution in [1.82, 2.24) is 4.90 Å². The van der Waals surface area contributed by atoms with Gasteiger partial charge in [0.2, 0.25) is 5.91 Å². The van der Waals surface area contributed by atoms with Gasteiger partial charge in [-0.15, -0.1) is 0 Å². The minimum absolute atomic E-state index is 0.115. The Hall–Kier alpha value is -1.36. The molecule has 1 amide bonds. The first-order valence-corrected chi connectivity index (χ1v) is 7.61. The van der Waals surface area contributed by atoms with Crippen LogP contribution in [-0.4, -0.2) is 35.0 Å². The predicted molar refractivity (Wildman–Crippen MR) is 79.4 cm³/mol. The van der Waals surface area contributed by atoms with Crippen molar-refractivity contribution >= 4 is 27.8 Å². The predicted octanol–water partition coefficient (Wildman–Crippen LogP) is 2.70. The van der Waals surface area contributed by atoms with Crippen LogP contribution in [0.2, 0.25) is 0 Å². The summed E-state index contributed by atoms with van der Waals surface area (Å²) in [7, 11) is 0. The monoisotopic (exact) mass is 339 g/mol. The molecule has 0 saturated carbocycles. The smallest absolute Gasteiger partial charge is 0.306 e. The van der Waals surface area contributed by atoms with Gasteiger partial charge in [-0.1, -0.05) is 34.1 Å². The molecule has 20 heavy (non-hydrogen) atoms. The molecule has 1 aromatic carbocycles. The van der Waals surface area contributed by atoms with Crippen molar-refractivity contribution < 1.29 is 14.7 Å². The fourth-order valence-electron chi connectivity index (χ4n) is 2.48. The van der Waals surface area contributed by atoms with Gasteiger partial charge < -0.3 is 10.0 Å². The lowest BCUT2D eigenvalue weighted by molar-refractivity contribution is -0.145. The van der Waals surface area contributed by atoms with Gasteiger partial charge in [-0.2, -0.15) is 0 Å². The molecule has 4 nitrogen and oxygen atoms in total. The third kappa shape index (κ3) is 3.82. The number of carboxylic acid groups (broad SMARTS) is 1. The first-order valence-electron chi connectivity index (χ1n) is 6.82. The van der Waals surface area contributed by atoms with E-state index >= 15 is 0 Å². The highest BCUT2D eigenvalue weighted by atomic mass is 79.9. The van der Waals surface area contributed by atoms with Crippen LogP contribution in [0.4, 0.5) is 0 Å². The Morgan fingerprint density at radius 2 is 1.90 bits per heavy atom. The van der Waals surface area contributed by atoms with Gasteiger partial charge in [0.15, 0.2) is 0 Å². The molecule has 0 aromatic heterocycles. The summed E-state index contributed by atoms with van der Waals surface area (Å²) >= 11 is 3.48. The van der Waals surface area contributed by atoms with Gasteiger partial charge >= 0.3 is 5.97 Å². The number of piperidine rings is 1. The van der Waals surface area contributed by atoms with Crippen LogP contribution in [0, 0.1) is 5.92 Å². The van der Waals surface area contributed by atoms with Crippen molar-refractivity contribution in [2.45, 2.75) is 25.7 Å². The van der Waals surface area contributed by atoms with E-state index in [1.54, 1.807) is 4.90 Å². The van der Waals surface area contributed by atoms with Crippen molar-refractivity contribution in [3.63, 3.8) is 0 Å². The number of halogens is 1. The molecule has 0 atom stereocenters. The summed E-state index contributed by atoms with van der Waals surface area (Å²) in [6.45, 7) is 1.12. The molecule has 2 rings (SSSR count). The van der Waals surface area contributed by atoms with Gasteiger partial charge in [-0.3, -0.25) is 9.59 Å². The lowest BCUT2D eigenvalue weighted by Crippen LogP contribution is -2.40. The molecule has 1 aliphatic heterocycles. The fraction of sp³-hybridized carbons (Fsp3) is 0.467. The molecule has 1 aromatic rings. The van der Waals surface area contributed by atoms with Crippen LogP contribution >= 0.6 is 15.9 Å². The highest BCUT2D eigenvalue weighted by Gasteiger charge is 2.26. The van der Waals surface area contributed by atoms with Crippen LogP contribution in [0.25, 0.3) is 0 Å². The number of aliphatic carboxylic acids is 1. The number of nitrogens with zero attached hydrogens (tertiary/aromatic N) is 1. The van der Waals surface area contributed by atoms with E-state index in [0.29, 0.717) is 38.8 Å². The van der Waals surface area contributed by atoms with Crippen LogP contribution in [-0.2, 0) is 16.0 Å². The van der Waals surface area contributed by atoms with Gasteiger partial charge in [0.05, 0.1) is 5.92 Å². The number of hydrogen-bond donors (Lipinski definition) is 1. The first-order chi connectivity index (χ1) is 9.58. The van der Waals surface area contributed by atoms with E-state index in [-0.39, 0.29) is 11.8 Å². The Morgan fingerprint density at radius 3 is 2.50 bits per heavy atom. The maximum absolute atomic E-state index is 12.1. The summed E-state index contributed by atoms with van der Waals surface area (Å²) in [6.07, 6.45) is 2.31. The molecular weight excluding hydrogens is 322 g/mol. The van der Waals surface area contributed by atoms with Gasteiger partial charge in [0.1, 0.15) is 0 Å². The molecule has 1 N–H and O–H groups in total. The Bertz CT molecular complexity index is 496. The average Bonchev–Trinajstić information content (AvgIpc) is 2.46. The molecule has 0 spiro atoms. The Labute approximate surface area is 126 Å². The van der Waals surface area contributed by atoms with E-state index < -0.39 is 5.97 Å². The Balaban J connectivity index is 1.82. The maximum Gasteiger partial charge on any atom is 0.306 e. The van der Waals surface area contributed by atoms with Crippen LogP contribution in [0.15, 0.2) is 28.7 Å². The second kappa shape index (κ2) is 6.88. The van der Waals surface area contributed by atoms with Crippen molar-refractivity contribution in [2.24, 2.45) is 5.92 Å². The third-order valence-corrected chi connectivity index (χ3v) is 4.54. The number of carbonyl (C=O) groups excluding carboxylic acids is 1. The summed E-state index contributed by atoms with van der Waals surface area (Å²) in [5.74, 6) is -0.919. The molecule has 1 heterocycles. The van der Waals surface area contributed by atoms with Gasteiger partial charge in [0, 0.05) is 24.0 Å². The molecule has 0 unspecified atom stereocenters. The van der Waals surface area contributed by atoms with E-state index in [2.05, 4.69) is 15.9 Å². The van der Waals surface area contributed by atoms with E-state index in [9.17, 15) is 9.59 Å². The largest absolute Gasteiger partial charge is 0.481 e. The molecule has 108 valence electrons. The number of benzene rings is 1. The number of carbonyl (C=O) groups is 2. The summed E-state index contributed by atoms with van der Waals surface area (Å²) < 4.78 is 1.03. The normalized spacial score (nSPS) is 16.1. The van der Waals surface area contributed by atoms with Gasteiger partial charge in [0.25, 0.3) is 0 Å². The minimum Gasteiger partial charge on any atom is -0.481 e. The van der Waals surface area contributed by atoms with Crippen LogP contribution < -0.4 is 0 Å². The maximum atomic E-state index is 12.1. The molecule has 1 aliphatic rings. The van der Waals surface area contributed by atoms with Crippen LogP contribution in [0.3, 0.4) is 0 Å². The average molecular weight is 340 g/mol. The number of likely N-dealkylation sites (tertiary alicyclic amines) is 1. The van der Waals surface area contributed by atoms with Crippen LogP contribution in [0.1, 0.15) is 24.8 Å². The second-order valence-corrected chi connectivity index (χ2v) is 5.94. The van der Waals surface area contributed by atoms with Crippen molar-refractivity contribution in [3.05, 3.63) is 34.3 Å². The minimum atomic E-state index is -0.745. The molecule has 0 bridgehead atoms. The lowest BCUT2D eigenvalue weighted by atomic mass is 9.96. The molecular formula is C15H18BrNO3. The first kappa shape index (κ1) is 15.0. The summed E-state index contributed by atoms with van der Waals surface area (Å²) in [5, 5.41) is 8.94. The fourth-order valence-corrected chi connectivity index (χ4v) is 2.96. The van der Waals surface area contributed by atoms with Gasteiger partial charge in [-0.25, -0.2) is 0 Å². The number of rotatable bonds is 4. The van der Waals surface area contributed by atoms with Crippen molar-refractivity contribution in [3.8, 4) is 0 Å². The highest BCUT2D eigenvalue weighted by molar-refractivity contribution is 9.10.